The van der Waals surface area contributed by atoms with Gasteiger partial charge in [0, 0.05) is 24.2 Å². The van der Waals surface area contributed by atoms with Crippen molar-refractivity contribution < 1.29 is 56.2 Å². The van der Waals surface area contributed by atoms with E-state index in [4.69, 9.17) is 31.4 Å². The average Bonchev–Trinajstić information content (AvgIpc) is 2.73. The largest absolute Gasteiger partial charge is 0.501 e. The number of pyridine rings is 1. The summed E-state index contributed by atoms with van der Waals surface area (Å²) in [5.41, 5.74) is 0.662. The van der Waals surface area contributed by atoms with Gasteiger partial charge in [-0.2, -0.15) is 26.3 Å². The molecule has 35 heavy (non-hydrogen) atoms. The zero-order chi connectivity index (χ0) is 27.7. The zero-order valence-corrected chi connectivity index (χ0v) is 18.6. The van der Waals surface area contributed by atoms with E-state index < -0.39 is 40.7 Å². The second-order valence-electron chi connectivity index (χ2n) is 6.29. The van der Waals surface area contributed by atoms with Crippen molar-refractivity contribution in [3.05, 3.63) is 39.0 Å². The number of halogens is 7. The van der Waals surface area contributed by atoms with Crippen LogP contribution in [0.3, 0.4) is 0 Å². The lowest BCUT2D eigenvalue weighted by Crippen LogP contribution is -2.22. The van der Waals surface area contributed by atoms with Gasteiger partial charge in [-0.25, -0.2) is 9.59 Å². The third-order valence-electron chi connectivity index (χ3n) is 3.91. The molecule has 0 atom stereocenters. The van der Waals surface area contributed by atoms with Gasteiger partial charge in [-0.3, -0.25) is 20.0 Å². The number of hydrogen-bond donors (Lipinski definition) is 3. The van der Waals surface area contributed by atoms with Crippen LogP contribution in [0.25, 0.3) is 10.9 Å². The van der Waals surface area contributed by atoms with Crippen LogP contribution in [-0.4, -0.2) is 67.5 Å². The lowest BCUT2D eigenvalue weighted by atomic mass is 10.1. The van der Waals surface area contributed by atoms with Crippen molar-refractivity contribution in [1.82, 2.24) is 9.88 Å². The Morgan fingerprint density at radius 1 is 1.06 bits per heavy atom. The van der Waals surface area contributed by atoms with Gasteiger partial charge >= 0.3 is 30.0 Å². The highest BCUT2D eigenvalue weighted by Crippen LogP contribution is 2.38. The number of phenolic OH excluding ortho intramolecular Hbond substituents is 1. The van der Waals surface area contributed by atoms with Gasteiger partial charge in [0.25, 0.3) is 0 Å². The summed E-state index contributed by atoms with van der Waals surface area (Å²) in [7, 11) is 0. The monoisotopic (exact) mass is 537 g/mol. The van der Waals surface area contributed by atoms with E-state index in [9.17, 15) is 41.6 Å². The Morgan fingerprint density at radius 3 is 1.83 bits per heavy atom. The van der Waals surface area contributed by atoms with E-state index in [1.165, 1.54) is 0 Å². The van der Waals surface area contributed by atoms with Crippen LogP contribution in [0.2, 0.25) is 5.02 Å². The second kappa shape index (κ2) is 12.9. The number of carboxylic acids is 2. The maximum atomic E-state index is 10.9. The Bertz CT molecular complexity index is 1040. The molecule has 0 spiro atoms. The minimum absolute atomic E-state index is 0.150. The Balaban J connectivity index is 0.000000680. The molecule has 0 amide bonds. The van der Waals surface area contributed by atoms with Crippen molar-refractivity contribution >= 4 is 40.1 Å². The van der Waals surface area contributed by atoms with Crippen LogP contribution in [0, 0.1) is 10.1 Å². The molecule has 0 aliphatic heterocycles. The molecule has 0 unspecified atom stereocenters. The van der Waals surface area contributed by atoms with Gasteiger partial charge in [0.1, 0.15) is 5.52 Å². The van der Waals surface area contributed by atoms with Crippen molar-refractivity contribution in [3.8, 4) is 5.75 Å². The molecule has 0 radical (unpaired) electrons. The SMILES string of the molecule is CCN(CC)Cc1cnc2c(O)c([N+](=O)[O-])cc(Cl)c2c1.O=C(O)C(F)(F)F.O=C(O)C(F)(F)F. The van der Waals surface area contributed by atoms with Crippen LogP contribution >= 0.6 is 11.6 Å². The predicted octanol–water partition coefficient (Wildman–Crippen LogP) is 4.61. The number of nitro groups is 1. The molecule has 0 fully saturated rings. The van der Waals surface area contributed by atoms with E-state index in [0.717, 1.165) is 24.7 Å². The standard InChI is InChI=1S/C14H16ClN3O3.2C2HF3O2/c1-3-17(4-2)8-9-5-10-11(15)6-12(18(20)21)14(19)13(10)16-7-9;2*3-2(4,5)1(6)7/h5-7,19H,3-4,8H2,1-2H3;2*(H,6,7). The van der Waals surface area contributed by atoms with Crippen molar-refractivity contribution in [2.45, 2.75) is 32.7 Å². The third kappa shape index (κ3) is 10.2. The minimum Gasteiger partial charge on any atom is -0.501 e. The molecule has 0 aliphatic carbocycles. The summed E-state index contributed by atoms with van der Waals surface area (Å²) in [6.07, 6.45) is -8.56. The molecule has 17 heteroatoms. The van der Waals surface area contributed by atoms with Crippen molar-refractivity contribution in [2.75, 3.05) is 13.1 Å². The van der Waals surface area contributed by atoms with Gasteiger partial charge in [0.15, 0.2) is 0 Å². The number of nitrogens with zero attached hydrogens (tertiary/aromatic N) is 3. The molecule has 0 saturated heterocycles. The number of fused-ring (bicyclic) bond motifs is 1. The molecule has 0 bridgehead atoms. The Morgan fingerprint density at radius 2 is 1.49 bits per heavy atom. The van der Waals surface area contributed by atoms with Gasteiger partial charge < -0.3 is 15.3 Å². The summed E-state index contributed by atoms with van der Waals surface area (Å²) in [6.45, 7) is 6.67. The van der Waals surface area contributed by atoms with E-state index in [1.54, 1.807) is 6.20 Å². The minimum atomic E-state index is -5.08. The van der Waals surface area contributed by atoms with Crippen LogP contribution in [0.4, 0.5) is 32.0 Å². The Kier molecular flexibility index (Phi) is 11.6. The fourth-order valence-electron chi connectivity index (χ4n) is 2.20. The van der Waals surface area contributed by atoms with Crippen molar-refractivity contribution in [2.24, 2.45) is 0 Å². The van der Waals surface area contributed by atoms with E-state index in [1.807, 2.05) is 6.07 Å². The van der Waals surface area contributed by atoms with Crippen LogP contribution in [0.5, 0.6) is 5.75 Å². The molecule has 1 aromatic carbocycles. The van der Waals surface area contributed by atoms with Gasteiger partial charge in [-0.1, -0.05) is 25.4 Å². The Labute approximate surface area is 197 Å². The van der Waals surface area contributed by atoms with Gasteiger partial charge in [-0.15, -0.1) is 0 Å². The van der Waals surface area contributed by atoms with E-state index >= 15 is 0 Å². The van der Waals surface area contributed by atoms with E-state index in [0.29, 0.717) is 11.9 Å². The molecule has 10 nitrogen and oxygen atoms in total. The second-order valence-corrected chi connectivity index (χ2v) is 6.70. The zero-order valence-electron chi connectivity index (χ0n) is 17.8. The summed E-state index contributed by atoms with van der Waals surface area (Å²) < 4.78 is 63.5. The smallest absolute Gasteiger partial charge is 0.490 e. The molecule has 3 N–H and O–H groups in total. The fourth-order valence-corrected chi connectivity index (χ4v) is 2.44. The average molecular weight is 538 g/mol. The molecule has 2 rings (SSSR count). The molecular weight excluding hydrogens is 520 g/mol. The number of phenols is 1. The molecule has 0 saturated carbocycles. The molecular formula is C18H18ClF6N3O7. The highest BCUT2D eigenvalue weighted by atomic mass is 35.5. The van der Waals surface area contributed by atoms with Crippen LogP contribution in [0.15, 0.2) is 18.3 Å². The van der Waals surface area contributed by atoms with Crippen LogP contribution in [-0.2, 0) is 16.1 Å². The van der Waals surface area contributed by atoms with Crippen molar-refractivity contribution in [1.29, 1.82) is 0 Å². The lowest BCUT2D eigenvalue weighted by Gasteiger charge is -2.18. The van der Waals surface area contributed by atoms with Crippen molar-refractivity contribution in [3.63, 3.8) is 0 Å². The molecule has 1 heterocycles. The van der Waals surface area contributed by atoms with Crippen LogP contribution in [0.1, 0.15) is 19.4 Å². The first-order valence-electron chi connectivity index (χ1n) is 9.13. The molecule has 2 aromatic rings. The highest BCUT2D eigenvalue weighted by Gasteiger charge is 2.38. The van der Waals surface area contributed by atoms with Crippen LogP contribution < -0.4 is 0 Å². The van der Waals surface area contributed by atoms with E-state index in [2.05, 4.69) is 23.7 Å². The highest BCUT2D eigenvalue weighted by molar-refractivity contribution is 6.36. The number of aromatic hydroxyl groups is 1. The third-order valence-corrected chi connectivity index (χ3v) is 4.23. The summed E-state index contributed by atoms with van der Waals surface area (Å²) in [5, 5.41) is 35.8. The number of aromatic nitrogens is 1. The number of aliphatic carboxylic acids is 2. The number of alkyl halides is 6. The molecule has 1 aromatic heterocycles. The van der Waals surface area contributed by atoms with E-state index in [-0.39, 0.29) is 10.5 Å². The fraction of sp³-hybridized carbons (Fsp3) is 0.389. The number of carbonyl (C=O) groups is 2. The molecule has 196 valence electrons. The summed E-state index contributed by atoms with van der Waals surface area (Å²) in [6, 6.07) is 2.97. The summed E-state index contributed by atoms with van der Waals surface area (Å²) in [4.78, 5) is 34.3. The topological polar surface area (TPSA) is 154 Å². The summed E-state index contributed by atoms with van der Waals surface area (Å²) in [5.74, 6) is -5.96. The van der Waals surface area contributed by atoms with Gasteiger partial charge in [-0.05, 0) is 24.7 Å². The lowest BCUT2D eigenvalue weighted by molar-refractivity contribution is -0.385. The number of benzene rings is 1. The predicted molar refractivity (Wildman–Crippen MR) is 109 cm³/mol. The maximum Gasteiger partial charge on any atom is 0.490 e. The number of rotatable bonds is 5. The number of hydrogen-bond acceptors (Lipinski definition) is 7. The first-order valence-corrected chi connectivity index (χ1v) is 9.51. The molecule has 0 aliphatic rings. The first kappa shape index (κ1) is 31.6. The first-order chi connectivity index (χ1) is 15.9. The summed E-state index contributed by atoms with van der Waals surface area (Å²) >= 11 is 6.09. The number of nitro benzene ring substituents is 1. The maximum absolute atomic E-state index is 10.9. The normalized spacial score (nSPS) is 11.3. The Hall–Kier alpha value is -3.40. The van der Waals surface area contributed by atoms with Gasteiger partial charge in [0.2, 0.25) is 5.75 Å². The quantitative estimate of drug-likeness (QED) is 0.282. The van der Waals surface area contributed by atoms with Gasteiger partial charge in [0.05, 0.1) is 9.95 Å². The number of carboxylic acid groups (broad SMARTS) is 2.